The average molecular weight is 173 g/mol. The molecule has 0 radical (unpaired) electrons. The van der Waals surface area contributed by atoms with Crippen molar-refractivity contribution in [3.05, 3.63) is 0 Å². The monoisotopic (exact) mass is 173 g/mol. The number of amides is 1. The van der Waals surface area contributed by atoms with E-state index in [1.807, 2.05) is 13.8 Å². The molecule has 4 heteroatoms. The van der Waals surface area contributed by atoms with E-state index in [9.17, 15) is 4.79 Å². The fourth-order valence-electron chi connectivity index (χ4n) is 1.03. The van der Waals surface area contributed by atoms with Gasteiger partial charge in [-0.2, -0.15) is 0 Å². The molecule has 0 spiro atoms. The van der Waals surface area contributed by atoms with Gasteiger partial charge in [-0.3, -0.25) is 9.63 Å². The summed E-state index contributed by atoms with van der Waals surface area (Å²) < 4.78 is 5.15. The third-order valence-corrected chi connectivity index (χ3v) is 1.62. The lowest BCUT2D eigenvalue weighted by Crippen LogP contribution is -2.35. The van der Waals surface area contributed by atoms with Crippen LogP contribution in [0.3, 0.4) is 0 Å². The van der Waals surface area contributed by atoms with Crippen molar-refractivity contribution in [2.24, 2.45) is 0 Å². The molecule has 1 N–H and O–H groups in total. The number of hydrogen-bond donors (Lipinski definition) is 1. The summed E-state index contributed by atoms with van der Waals surface area (Å²) in [5, 5.41) is 0. The van der Waals surface area contributed by atoms with E-state index in [1.54, 1.807) is 0 Å². The van der Waals surface area contributed by atoms with E-state index in [4.69, 9.17) is 9.57 Å². The van der Waals surface area contributed by atoms with Gasteiger partial charge in [0.15, 0.2) is 0 Å². The summed E-state index contributed by atoms with van der Waals surface area (Å²) in [5.41, 5.74) is 2.36. The molecule has 1 saturated heterocycles. The molecule has 1 atom stereocenters. The van der Waals surface area contributed by atoms with E-state index in [2.05, 4.69) is 5.48 Å². The van der Waals surface area contributed by atoms with Crippen LogP contribution < -0.4 is 5.48 Å². The van der Waals surface area contributed by atoms with Gasteiger partial charge in [-0.05, 0) is 26.7 Å². The zero-order chi connectivity index (χ0) is 8.97. The number of carbonyl (C=O) groups excluding carboxylic acids is 1. The standard InChI is InChI=1S/C8H15NO3/c1-6(2)12-9-8(10)7-4-3-5-11-7/h6-7H,3-5H2,1-2H3,(H,9,10)/t7-/m1/s1. The van der Waals surface area contributed by atoms with Gasteiger partial charge in [0.2, 0.25) is 0 Å². The summed E-state index contributed by atoms with van der Waals surface area (Å²) in [7, 11) is 0. The Bertz CT molecular complexity index is 152. The first-order valence-corrected chi connectivity index (χ1v) is 4.27. The van der Waals surface area contributed by atoms with Gasteiger partial charge in [0.25, 0.3) is 5.91 Å². The summed E-state index contributed by atoms with van der Waals surface area (Å²) in [6.07, 6.45) is 1.46. The second kappa shape index (κ2) is 4.42. The molecule has 0 aliphatic carbocycles. The van der Waals surface area contributed by atoms with Crippen molar-refractivity contribution in [1.29, 1.82) is 0 Å². The Morgan fingerprint density at radius 3 is 2.92 bits per heavy atom. The lowest BCUT2D eigenvalue weighted by molar-refractivity contribution is -0.146. The maximum absolute atomic E-state index is 11.2. The molecule has 12 heavy (non-hydrogen) atoms. The van der Waals surface area contributed by atoms with Gasteiger partial charge in [-0.25, -0.2) is 5.48 Å². The molecule has 1 rings (SSSR count). The van der Waals surface area contributed by atoms with E-state index in [0.717, 1.165) is 12.8 Å². The van der Waals surface area contributed by atoms with Crippen molar-refractivity contribution in [1.82, 2.24) is 5.48 Å². The molecule has 0 aromatic rings. The summed E-state index contributed by atoms with van der Waals surface area (Å²) >= 11 is 0. The van der Waals surface area contributed by atoms with Crippen molar-refractivity contribution in [2.75, 3.05) is 6.61 Å². The second-order valence-electron chi connectivity index (χ2n) is 3.13. The van der Waals surface area contributed by atoms with Crippen LogP contribution in [-0.4, -0.2) is 24.7 Å². The van der Waals surface area contributed by atoms with Crippen LogP contribution in [0.15, 0.2) is 0 Å². The molecule has 0 saturated carbocycles. The van der Waals surface area contributed by atoms with Gasteiger partial charge in [-0.1, -0.05) is 0 Å². The smallest absolute Gasteiger partial charge is 0.272 e. The Balaban J connectivity index is 2.18. The van der Waals surface area contributed by atoms with Gasteiger partial charge >= 0.3 is 0 Å². The fraction of sp³-hybridized carbons (Fsp3) is 0.875. The lowest BCUT2D eigenvalue weighted by atomic mass is 10.2. The number of ether oxygens (including phenoxy) is 1. The molecule has 0 aromatic heterocycles. The van der Waals surface area contributed by atoms with Crippen molar-refractivity contribution < 1.29 is 14.4 Å². The van der Waals surface area contributed by atoms with Crippen LogP contribution in [0.4, 0.5) is 0 Å². The molecule has 70 valence electrons. The predicted octanol–water partition coefficient (Wildman–Crippen LogP) is 0.622. The van der Waals surface area contributed by atoms with E-state index < -0.39 is 0 Å². The summed E-state index contributed by atoms with van der Waals surface area (Å²) in [4.78, 5) is 16.1. The number of hydroxylamine groups is 1. The maximum Gasteiger partial charge on any atom is 0.272 e. The molecule has 0 unspecified atom stereocenters. The molecule has 1 aliphatic rings. The molecule has 4 nitrogen and oxygen atoms in total. The SMILES string of the molecule is CC(C)ONC(=O)[C@H]1CCCO1. The minimum Gasteiger partial charge on any atom is -0.368 e. The van der Waals surface area contributed by atoms with Gasteiger partial charge < -0.3 is 4.74 Å². The van der Waals surface area contributed by atoms with Crippen LogP contribution in [-0.2, 0) is 14.4 Å². The Hall–Kier alpha value is -0.610. The number of nitrogens with one attached hydrogen (secondary N) is 1. The molecular weight excluding hydrogens is 158 g/mol. The zero-order valence-corrected chi connectivity index (χ0v) is 7.50. The molecule has 1 aliphatic heterocycles. The number of hydrogen-bond acceptors (Lipinski definition) is 3. The first kappa shape index (κ1) is 9.48. The highest BCUT2D eigenvalue weighted by Gasteiger charge is 2.23. The predicted molar refractivity (Wildman–Crippen MR) is 43.3 cm³/mol. The maximum atomic E-state index is 11.2. The first-order chi connectivity index (χ1) is 5.70. The van der Waals surface area contributed by atoms with Crippen LogP contribution in [0, 0.1) is 0 Å². The van der Waals surface area contributed by atoms with E-state index in [-0.39, 0.29) is 18.1 Å². The van der Waals surface area contributed by atoms with Crippen LogP contribution in [0.2, 0.25) is 0 Å². The van der Waals surface area contributed by atoms with Crippen molar-refractivity contribution in [3.8, 4) is 0 Å². The Kier molecular flexibility index (Phi) is 3.49. The summed E-state index contributed by atoms with van der Waals surface area (Å²) in [6, 6.07) is 0. The first-order valence-electron chi connectivity index (χ1n) is 4.27. The minimum atomic E-state index is -0.302. The van der Waals surface area contributed by atoms with Crippen LogP contribution in [0.1, 0.15) is 26.7 Å². The zero-order valence-electron chi connectivity index (χ0n) is 7.50. The molecule has 0 bridgehead atoms. The fourth-order valence-corrected chi connectivity index (χ4v) is 1.03. The Morgan fingerprint density at radius 2 is 2.42 bits per heavy atom. The normalized spacial score (nSPS) is 23.1. The van der Waals surface area contributed by atoms with E-state index >= 15 is 0 Å². The van der Waals surface area contributed by atoms with E-state index in [0.29, 0.717) is 6.61 Å². The summed E-state index contributed by atoms with van der Waals surface area (Å²) in [6.45, 7) is 4.39. The second-order valence-corrected chi connectivity index (χ2v) is 3.13. The highest BCUT2D eigenvalue weighted by molar-refractivity contribution is 5.79. The van der Waals surface area contributed by atoms with Gasteiger partial charge in [0, 0.05) is 6.61 Å². The van der Waals surface area contributed by atoms with Gasteiger partial charge in [0.1, 0.15) is 6.10 Å². The minimum absolute atomic E-state index is 0.00959. The third-order valence-electron chi connectivity index (χ3n) is 1.62. The summed E-state index contributed by atoms with van der Waals surface area (Å²) in [5.74, 6) is -0.166. The van der Waals surface area contributed by atoms with Crippen molar-refractivity contribution >= 4 is 5.91 Å². The lowest BCUT2D eigenvalue weighted by Gasteiger charge is -2.11. The molecule has 1 fully saturated rings. The average Bonchev–Trinajstić information content (AvgIpc) is 2.51. The molecular formula is C8H15NO3. The Morgan fingerprint density at radius 1 is 1.67 bits per heavy atom. The van der Waals surface area contributed by atoms with Crippen LogP contribution in [0.5, 0.6) is 0 Å². The number of carbonyl (C=O) groups is 1. The van der Waals surface area contributed by atoms with Crippen molar-refractivity contribution in [2.45, 2.75) is 38.9 Å². The molecule has 1 amide bonds. The van der Waals surface area contributed by atoms with Crippen molar-refractivity contribution in [3.63, 3.8) is 0 Å². The highest BCUT2D eigenvalue weighted by Crippen LogP contribution is 2.11. The topological polar surface area (TPSA) is 47.6 Å². The molecule has 0 aromatic carbocycles. The van der Waals surface area contributed by atoms with Crippen LogP contribution in [0.25, 0.3) is 0 Å². The third kappa shape index (κ3) is 2.79. The largest absolute Gasteiger partial charge is 0.368 e. The van der Waals surface area contributed by atoms with E-state index in [1.165, 1.54) is 0 Å². The van der Waals surface area contributed by atoms with Crippen LogP contribution >= 0.6 is 0 Å². The van der Waals surface area contributed by atoms with Gasteiger partial charge in [0.05, 0.1) is 6.10 Å². The number of rotatable bonds is 3. The quantitative estimate of drug-likeness (QED) is 0.636. The molecule has 1 heterocycles. The van der Waals surface area contributed by atoms with Gasteiger partial charge in [-0.15, -0.1) is 0 Å². The Labute approximate surface area is 72.2 Å². The highest BCUT2D eigenvalue weighted by atomic mass is 16.7.